The molecule has 0 aliphatic carbocycles. The Balaban J connectivity index is 1.42. The van der Waals surface area contributed by atoms with Crippen molar-refractivity contribution in [1.29, 1.82) is 0 Å². The van der Waals surface area contributed by atoms with Gasteiger partial charge in [-0.15, -0.1) is 0 Å². The third-order valence-electron chi connectivity index (χ3n) is 4.24. The van der Waals surface area contributed by atoms with Crippen LogP contribution in [0.25, 0.3) is 11.5 Å². The van der Waals surface area contributed by atoms with E-state index in [1.807, 2.05) is 6.07 Å². The van der Waals surface area contributed by atoms with Gasteiger partial charge in [-0.25, -0.2) is 9.37 Å². The van der Waals surface area contributed by atoms with Crippen LogP contribution in [-0.4, -0.2) is 17.7 Å². The minimum Gasteiger partial charge on any atom is -0.454 e. The molecule has 1 aliphatic heterocycles. The zero-order valence-corrected chi connectivity index (χ0v) is 14.6. The van der Waals surface area contributed by atoms with Crippen LogP contribution in [0, 0.1) is 12.7 Å². The number of benzene rings is 2. The van der Waals surface area contributed by atoms with Gasteiger partial charge < -0.3 is 19.2 Å². The van der Waals surface area contributed by atoms with Gasteiger partial charge in [0.05, 0.1) is 12.1 Å². The number of hydrogen-bond donors (Lipinski definition) is 1. The first-order valence-corrected chi connectivity index (χ1v) is 8.46. The largest absolute Gasteiger partial charge is 0.454 e. The molecular formula is C20H17FN2O4. The van der Waals surface area contributed by atoms with Gasteiger partial charge in [-0.1, -0.05) is 12.1 Å². The van der Waals surface area contributed by atoms with E-state index < -0.39 is 0 Å². The zero-order chi connectivity index (χ0) is 18.8. The lowest BCUT2D eigenvalue weighted by atomic mass is 10.2. The van der Waals surface area contributed by atoms with Gasteiger partial charge in [-0.2, -0.15) is 0 Å². The summed E-state index contributed by atoms with van der Waals surface area (Å²) in [4.78, 5) is 16.6. The van der Waals surface area contributed by atoms with E-state index in [2.05, 4.69) is 10.3 Å². The molecule has 1 amide bonds. The lowest BCUT2D eigenvalue weighted by Gasteiger charge is -2.04. The van der Waals surface area contributed by atoms with Crippen LogP contribution >= 0.6 is 0 Å². The van der Waals surface area contributed by atoms with Crippen LogP contribution in [0.1, 0.15) is 17.0 Å². The second-order valence-corrected chi connectivity index (χ2v) is 6.17. The average Bonchev–Trinajstić information content (AvgIpc) is 3.27. The van der Waals surface area contributed by atoms with Crippen molar-refractivity contribution in [3.05, 3.63) is 65.3 Å². The summed E-state index contributed by atoms with van der Waals surface area (Å²) in [6.45, 7) is 2.29. The minimum absolute atomic E-state index is 0.0983. The molecule has 2 heterocycles. The smallest absolute Gasteiger partial charge is 0.231 e. The second-order valence-electron chi connectivity index (χ2n) is 6.17. The number of oxazole rings is 1. The first-order valence-electron chi connectivity index (χ1n) is 8.46. The quantitative estimate of drug-likeness (QED) is 0.747. The zero-order valence-electron chi connectivity index (χ0n) is 14.6. The highest BCUT2D eigenvalue weighted by molar-refractivity contribution is 5.78. The Morgan fingerprint density at radius 3 is 2.74 bits per heavy atom. The Hall–Kier alpha value is -3.35. The summed E-state index contributed by atoms with van der Waals surface area (Å²) in [5, 5.41) is 2.80. The van der Waals surface area contributed by atoms with Gasteiger partial charge in [-0.05, 0) is 42.8 Å². The SMILES string of the molecule is Cc1oc(-c2ccc3c(c2)OCO3)nc1CC(=O)NCc1ccc(F)cc1. The number of hydrogen-bond acceptors (Lipinski definition) is 5. The fraction of sp³-hybridized carbons (Fsp3) is 0.200. The summed E-state index contributed by atoms with van der Waals surface area (Å²) < 4.78 is 29.3. The van der Waals surface area contributed by atoms with Crippen molar-refractivity contribution in [1.82, 2.24) is 10.3 Å². The molecule has 0 atom stereocenters. The monoisotopic (exact) mass is 368 g/mol. The summed E-state index contributed by atoms with van der Waals surface area (Å²) in [6.07, 6.45) is 0.0983. The number of halogens is 1. The maximum Gasteiger partial charge on any atom is 0.231 e. The standard InChI is InChI=1S/C20H17FN2O4/c1-12-16(9-19(24)22-10-13-2-5-15(21)6-3-13)23-20(27-12)14-4-7-17-18(8-14)26-11-25-17/h2-8H,9-11H2,1H3,(H,22,24). The summed E-state index contributed by atoms with van der Waals surface area (Å²) in [5.74, 6) is 1.84. The van der Waals surface area contributed by atoms with Gasteiger partial charge in [0.15, 0.2) is 11.5 Å². The Morgan fingerprint density at radius 2 is 1.93 bits per heavy atom. The van der Waals surface area contributed by atoms with Crippen LogP contribution in [0.3, 0.4) is 0 Å². The van der Waals surface area contributed by atoms with E-state index in [4.69, 9.17) is 13.9 Å². The molecule has 27 heavy (non-hydrogen) atoms. The van der Waals surface area contributed by atoms with E-state index in [0.29, 0.717) is 35.4 Å². The molecule has 138 valence electrons. The molecule has 4 rings (SSSR count). The average molecular weight is 368 g/mol. The second kappa shape index (κ2) is 7.11. The van der Waals surface area contributed by atoms with Gasteiger partial charge in [0.1, 0.15) is 11.6 Å². The Morgan fingerprint density at radius 1 is 1.15 bits per heavy atom. The molecule has 1 aromatic heterocycles. The van der Waals surface area contributed by atoms with Crippen molar-refractivity contribution in [3.8, 4) is 23.0 Å². The maximum absolute atomic E-state index is 12.9. The van der Waals surface area contributed by atoms with Crippen molar-refractivity contribution < 1.29 is 23.1 Å². The van der Waals surface area contributed by atoms with Crippen LogP contribution in [0.2, 0.25) is 0 Å². The van der Waals surface area contributed by atoms with Gasteiger partial charge >= 0.3 is 0 Å². The van der Waals surface area contributed by atoms with Crippen LogP contribution in [0.4, 0.5) is 4.39 Å². The normalized spacial score (nSPS) is 12.2. The molecule has 1 aliphatic rings. The molecule has 0 saturated carbocycles. The predicted octanol–water partition coefficient (Wildman–Crippen LogP) is 3.38. The number of aryl methyl sites for hydroxylation is 1. The number of aromatic nitrogens is 1. The predicted molar refractivity (Wildman–Crippen MR) is 94.7 cm³/mol. The van der Waals surface area contributed by atoms with Crippen LogP contribution in [-0.2, 0) is 17.8 Å². The Labute approximate surface area is 154 Å². The molecule has 0 fully saturated rings. The fourth-order valence-electron chi connectivity index (χ4n) is 2.76. The molecule has 2 aromatic carbocycles. The van der Waals surface area contributed by atoms with E-state index in [9.17, 15) is 9.18 Å². The van der Waals surface area contributed by atoms with Crippen molar-refractivity contribution in [2.45, 2.75) is 19.9 Å². The van der Waals surface area contributed by atoms with E-state index in [1.54, 1.807) is 31.2 Å². The number of fused-ring (bicyclic) bond motifs is 1. The van der Waals surface area contributed by atoms with E-state index in [0.717, 1.165) is 11.1 Å². The van der Waals surface area contributed by atoms with Gasteiger partial charge in [0, 0.05) is 12.1 Å². The summed E-state index contributed by atoms with van der Waals surface area (Å²) in [7, 11) is 0. The lowest BCUT2D eigenvalue weighted by Crippen LogP contribution is -2.24. The van der Waals surface area contributed by atoms with Crippen molar-refractivity contribution in [2.75, 3.05) is 6.79 Å². The lowest BCUT2D eigenvalue weighted by molar-refractivity contribution is -0.120. The number of nitrogens with zero attached hydrogens (tertiary/aromatic N) is 1. The molecule has 1 N–H and O–H groups in total. The first-order chi connectivity index (χ1) is 13.1. The Bertz CT molecular complexity index is 982. The summed E-state index contributed by atoms with van der Waals surface area (Å²) >= 11 is 0. The Kier molecular flexibility index (Phi) is 4.50. The number of ether oxygens (including phenoxy) is 2. The van der Waals surface area contributed by atoms with Crippen molar-refractivity contribution >= 4 is 5.91 Å². The molecule has 0 bridgehead atoms. The minimum atomic E-state index is -0.306. The van der Waals surface area contributed by atoms with Crippen molar-refractivity contribution in [2.24, 2.45) is 0 Å². The van der Waals surface area contributed by atoms with Crippen LogP contribution < -0.4 is 14.8 Å². The summed E-state index contributed by atoms with van der Waals surface area (Å²) in [5.41, 5.74) is 2.14. The number of nitrogens with one attached hydrogen (secondary N) is 1. The van der Waals surface area contributed by atoms with Crippen LogP contribution in [0.15, 0.2) is 46.9 Å². The van der Waals surface area contributed by atoms with Gasteiger partial charge in [0.25, 0.3) is 0 Å². The topological polar surface area (TPSA) is 73.6 Å². The molecule has 0 unspecified atom stereocenters. The molecule has 0 spiro atoms. The third kappa shape index (κ3) is 3.76. The molecule has 7 heteroatoms. The third-order valence-corrected chi connectivity index (χ3v) is 4.24. The number of rotatable bonds is 5. The molecule has 6 nitrogen and oxygen atoms in total. The van der Waals surface area contributed by atoms with Crippen molar-refractivity contribution in [3.63, 3.8) is 0 Å². The first kappa shape index (κ1) is 17.1. The molecule has 0 radical (unpaired) electrons. The highest BCUT2D eigenvalue weighted by atomic mass is 19.1. The summed E-state index contributed by atoms with van der Waals surface area (Å²) in [6, 6.07) is 11.4. The van der Waals surface area contributed by atoms with E-state index >= 15 is 0 Å². The van der Waals surface area contributed by atoms with Gasteiger partial charge in [0.2, 0.25) is 18.6 Å². The number of carbonyl (C=O) groups is 1. The maximum atomic E-state index is 12.9. The number of amides is 1. The van der Waals surface area contributed by atoms with Crippen LogP contribution in [0.5, 0.6) is 11.5 Å². The highest BCUT2D eigenvalue weighted by Crippen LogP contribution is 2.36. The highest BCUT2D eigenvalue weighted by Gasteiger charge is 2.18. The molecule has 0 saturated heterocycles. The fourth-order valence-corrected chi connectivity index (χ4v) is 2.76. The van der Waals surface area contributed by atoms with E-state index in [1.165, 1.54) is 12.1 Å². The number of carbonyl (C=O) groups excluding carboxylic acids is 1. The van der Waals surface area contributed by atoms with Gasteiger partial charge in [-0.3, -0.25) is 4.79 Å². The molecule has 3 aromatic rings. The molecular weight excluding hydrogens is 351 g/mol. The van der Waals surface area contributed by atoms with E-state index in [-0.39, 0.29) is 24.9 Å².